The number of nitrogen functional groups attached to an aromatic ring is 1. The van der Waals surface area contributed by atoms with Gasteiger partial charge in [0.05, 0.1) is 22.2 Å². The molecule has 0 bridgehead atoms. The van der Waals surface area contributed by atoms with Crippen LogP contribution in [0.15, 0.2) is 24.4 Å². The van der Waals surface area contributed by atoms with E-state index in [4.69, 9.17) is 17.3 Å². The van der Waals surface area contributed by atoms with Crippen LogP contribution in [0, 0.1) is 10.1 Å². The number of nitrogens with one attached hydrogen (secondary N) is 1. The number of hydrazine groups is 1. The molecule has 1 aromatic rings. The van der Waals surface area contributed by atoms with Gasteiger partial charge in [-0.1, -0.05) is 17.7 Å². The number of rotatable bonds is 5. The molecule has 0 amide bonds. The van der Waals surface area contributed by atoms with Gasteiger partial charge in [-0.05, 0) is 6.07 Å². The second kappa shape index (κ2) is 5.98. The van der Waals surface area contributed by atoms with Crippen molar-refractivity contribution in [2.24, 2.45) is 0 Å². The minimum absolute atomic E-state index is 0.0627. The smallest absolute Gasteiger partial charge is 0.294 e. The Morgan fingerprint density at radius 1 is 1.55 bits per heavy atom. The molecule has 108 valence electrons. The van der Waals surface area contributed by atoms with Gasteiger partial charge < -0.3 is 16.1 Å². The quantitative estimate of drug-likeness (QED) is 0.490. The van der Waals surface area contributed by atoms with E-state index < -0.39 is 4.92 Å². The molecule has 1 aliphatic heterocycles. The Balaban J connectivity index is 2.00. The third-order valence-electron chi connectivity index (χ3n) is 3.06. The zero-order valence-electron chi connectivity index (χ0n) is 11.0. The molecule has 0 unspecified atom stereocenters. The second-order valence-corrected chi connectivity index (χ2v) is 4.87. The van der Waals surface area contributed by atoms with Gasteiger partial charge in [0.25, 0.3) is 5.69 Å². The van der Waals surface area contributed by atoms with Crippen molar-refractivity contribution < 1.29 is 4.92 Å². The third kappa shape index (κ3) is 3.12. The van der Waals surface area contributed by atoms with Gasteiger partial charge in [0.2, 0.25) is 0 Å². The average molecular weight is 298 g/mol. The topological polar surface area (TPSA) is 87.7 Å². The standard InChI is InChI=1S/C12H16ClN5O2/c1-16-4-2-5-17(16)6-3-15-11-8-12(18(19)20)10(14)7-9(11)13/h2,5,7-8,15H,3-4,6,14H2,1H3. The summed E-state index contributed by atoms with van der Waals surface area (Å²) in [6.45, 7) is 2.23. The van der Waals surface area contributed by atoms with Crippen molar-refractivity contribution >= 4 is 28.7 Å². The summed E-state index contributed by atoms with van der Waals surface area (Å²) >= 11 is 6.03. The van der Waals surface area contributed by atoms with E-state index in [1.54, 1.807) is 0 Å². The number of likely N-dealkylation sites (N-methyl/N-ethyl adjacent to an activating group) is 1. The van der Waals surface area contributed by atoms with E-state index in [9.17, 15) is 10.1 Å². The van der Waals surface area contributed by atoms with E-state index in [1.807, 2.05) is 18.3 Å². The maximum atomic E-state index is 10.8. The predicted octanol–water partition coefficient (Wildman–Crippen LogP) is 1.92. The van der Waals surface area contributed by atoms with Gasteiger partial charge in [0.1, 0.15) is 5.69 Å². The summed E-state index contributed by atoms with van der Waals surface area (Å²) in [6.07, 6.45) is 4.05. The van der Waals surface area contributed by atoms with E-state index in [1.165, 1.54) is 12.1 Å². The lowest BCUT2D eigenvalue weighted by molar-refractivity contribution is -0.383. The SMILES string of the molecule is CN1CC=CN1CCNc1cc([N+](=O)[O-])c(N)cc1Cl. The minimum Gasteiger partial charge on any atom is -0.393 e. The molecule has 0 atom stereocenters. The van der Waals surface area contributed by atoms with Crippen LogP contribution < -0.4 is 11.1 Å². The van der Waals surface area contributed by atoms with Gasteiger partial charge in [-0.3, -0.25) is 10.1 Å². The van der Waals surface area contributed by atoms with Crippen molar-refractivity contribution in [1.82, 2.24) is 10.0 Å². The Labute approximate surface area is 121 Å². The lowest BCUT2D eigenvalue weighted by Crippen LogP contribution is -2.34. The van der Waals surface area contributed by atoms with Crippen LogP contribution in [0.25, 0.3) is 0 Å². The molecule has 2 rings (SSSR count). The molecular formula is C12H16ClN5O2. The van der Waals surface area contributed by atoms with Crippen LogP contribution in [0.3, 0.4) is 0 Å². The van der Waals surface area contributed by atoms with Crippen LogP contribution >= 0.6 is 11.6 Å². The monoisotopic (exact) mass is 297 g/mol. The molecule has 0 aromatic heterocycles. The molecule has 0 saturated carbocycles. The summed E-state index contributed by atoms with van der Waals surface area (Å²) in [4.78, 5) is 10.3. The first-order valence-corrected chi connectivity index (χ1v) is 6.48. The van der Waals surface area contributed by atoms with Crippen molar-refractivity contribution in [3.63, 3.8) is 0 Å². The molecule has 0 saturated heterocycles. The molecule has 0 aliphatic carbocycles. The Hall–Kier alpha value is -1.99. The average Bonchev–Trinajstić information content (AvgIpc) is 2.77. The number of hydrogen-bond donors (Lipinski definition) is 2. The number of nitro groups is 1. The van der Waals surface area contributed by atoms with Gasteiger partial charge >= 0.3 is 0 Å². The number of anilines is 2. The molecule has 8 heteroatoms. The van der Waals surface area contributed by atoms with Crippen LogP contribution in [0.4, 0.5) is 17.1 Å². The summed E-state index contributed by atoms with van der Waals surface area (Å²) in [5, 5.41) is 18.4. The van der Waals surface area contributed by atoms with Gasteiger partial charge in [0.15, 0.2) is 0 Å². The molecular weight excluding hydrogens is 282 g/mol. The van der Waals surface area contributed by atoms with E-state index in [0.29, 0.717) is 17.3 Å². The number of nitrogens with zero attached hydrogens (tertiary/aromatic N) is 3. The van der Waals surface area contributed by atoms with E-state index >= 15 is 0 Å². The molecule has 7 nitrogen and oxygen atoms in total. The van der Waals surface area contributed by atoms with Crippen LogP contribution in [-0.4, -0.2) is 41.6 Å². The first-order valence-electron chi connectivity index (χ1n) is 6.10. The van der Waals surface area contributed by atoms with Crippen molar-refractivity contribution in [2.45, 2.75) is 0 Å². The number of hydrogen-bond acceptors (Lipinski definition) is 6. The highest BCUT2D eigenvalue weighted by Gasteiger charge is 2.16. The molecule has 20 heavy (non-hydrogen) atoms. The van der Waals surface area contributed by atoms with Crippen LogP contribution in [-0.2, 0) is 0 Å². The molecule has 1 heterocycles. The van der Waals surface area contributed by atoms with Crippen LogP contribution in [0.2, 0.25) is 5.02 Å². The lowest BCUT2D eigenvalue weighted by atomic mass is 10.2. The van der Waals surface area contributed by atoms with Gasteiger partial charge in [-0.25, -0.2) is 5.01 Å². The first kappa shape index (κ1) is 14.4. The van der Waals surface area contributed by atoms with Crippen molar-refractivity contribution in [1.29, 1.82) is 0 Å². The minimum atomic E-state index is -0.520. The van der Waals surface area contributed by atoms with Gasteiger partial charge in [-0.2, -0.15) is 0 Å². The number of nitrogens with two attached hydrogens (primary N) is 1. The summed E-state index contributed by atoms with van der Waals surface area (Å²) in [7, 11) is 1.99. The third-order valence-corrected chi connectivity index (χ3v) is 3.37. The number of halogens is 1. The highest BCUT2D eigenvalue weighted by Crippen LogP contribution is 2.32. The molecule has 1 aliphatic rings. The number of benzene rings is 1. The largest absolute Gasteiger partial charge is 0.393 e. The van der Waals surface area contributed by atoms with E-state index in [-0.39, 0.29) is 11.4 Å². The Kier molecular flexibility index (Phi) is 4.31. The summed E-state index contributed by atoms with van der Waals surface area (Å²) in [5.41, 5.74) is 5.99. The van der Waals surface area contributed by atoms with Crippen LogP contribution in [0.5, 0.6) is 0 Å². The highest BCUT2D eigenvalue weighted by atomic mass is 35.5. The van der Waals surface area contributed by atoms with Crippen molar-refractivity contribution in [2.75, 3.05) is 37.7 Å². The fraction of sp³-hybridized carbons (Fsp3) is 0.333. The summed E-state index contributed by atoms with van der Waals surface area (Å²) < 4.78 is 0. The molecule has 3 N–H and O–H groups in total. The summed E-state index contributed by atoms with van der Waals surface area (Å²) in [6, 6.07) is 2.76. The maximum absolute atomic E-state index is 10.8. The van der Waals surface area contributed by atoms with Crippen molar-refractivity contribution in [3.8, 4) is 0 Å². The van der Waals surface area contributed by atoms with Crippen molar-refractivity contribution in [3.05, 3.63) is 39.5 Å². The number of nitro benzene ring substituents is 1. The van der Waals surface area contributed by atoms with Gasteiger partial charge in [-0.15, -0.1) is 0 Å². The zero-order chi connectivity index (χ0) is 14.7. The maximum Gasteiger partial charge on any atom is 0.294 e. The fourth-order valence-electron chi connectivity index (χ4n) is 1.96. The molecule has 0 radical (unpaired) electrons. The zero-order valence-corrected chi connectivity index (χ0v) is 11.8. The lowest BCUT2D eigenvalue weighted by Gasteiger charge is -2.25. The molecule has 1 aromatic carbocycles. The fourth-order valence-corrected chi connectivity index (χ4v) is 2.20. The Morgan fingerprint density at radius 2 is 2.30 bits per heavy atom. The first-order chi connectivity index (χ1) is 9.49. The Morgan fingerprint density at radius 3 is 2.90 bits per heavy atom. The highest BCUT2D eigenvalue weighted by molar-refractivity contribution is 6.33. The molecule has 0 fully saturated rings. The summed E-state index contributed by atoms with van der Waals surface area (Å²) in [5.74, 6) is 0. The van der Waals surface area contributed by atoms with Gasteiger partial charge in [0, 0.05) is 32.4 Å². The Bertz CT molecular complexity index is 549. The molecule has 0 spiro atoms. The van der Waals surface area contributed by atoms with Crippen LogP contribution in [0.1, 0.15) is 0 Å². The van der Waals surface area contributed by atoms with E-state index in [0.717, 1.165) is 13.1 Å². The second-order valence-electron chi connectivity index (χ2n) is 4.46. The van der Waals surface area contributed by atoms with E-state index in [2.05, 4.69) is 16.4 Å². The predicted molar refractivity (Wildman–Crippen MR) is 79.5 cm³/mol. The normalized spacial score (nSPS) is 14.8.